The van der Waals surface area contributed by atoms with Crippen LogP contribution in [-0.2, 0) is 14.3 Å². The van der Waals surface area contributed by atoms with Crippen LogP contribution in [0.4, 0.5) is 4.79 Å². The molecule has 0 radical (unpaired) electrons. The second-order valence-electron chi connectivity index (χ2n) is 7.34. The van der Waals surface area contributed by atoms with Crippen LogP contribution in [0.1, 0.15) is 36.6 Å². The number of amidine groups is 1. The highest BCUT2D eigenvalue weighted by Crippen LogP contribution is 2.23. The first-order valence-electron chi connectivity index (χ1n) is 9.46. The zero-order chi connectivity index (χ0) is 21.6. The molecule has 1 unspecified atom stereocenters. The lowest BCUT2D eigenvalue weighted by Crippen LogP contribution is -2.42. The van der Waals surface area contributed by atoms with Gasteiger partial charge in [-0.1, -0.05) is 43.8 Å². The molecule has 10 heteroatoms. The predicted molar refractivity (Wildman–Crippen MR) is 121 cm³/mol. The number of halogens is 1. The number of hydrogen-bond donors (Lipinski definition) is 2. The second-order valence-corrected chi connectivity index (χ2v) is 8.41. The van der Waals surface area contributed by atoms with Crippen LogP contribution in [0.2, 0.25) is 0 Å². The number of carbonyl (C=O) groups is 3. The lowest BCUT2D eigenvalue weighted by molar-refractivity contribution is -0.139. The topological polar surface area (TPSA) is 100 Å². The summed E-state index contributed by atoms with van der Waals surface area (Å²) < 4.78 is 5.15. The summed E-state index contributed by atoms with van der Waals surface area (Å²) in [5.74, 6) is -0.683. The normalized spacial score (nSPS) is 15.5. The number of Topliss-reactive ketones (excluding diaryl/α,β-unsaturated/α-hetero) is 1. The molecule has 0 saturated carbocycles. The predicted octanol–water partition coefficient (Wildman–Crippen LogP) is 2.78. The van der Waals surface area contributed by atoms with E-state index in [-0.39, 0.29) is 24.9 Å². The van der Waals surface area contributed by atoms with E-state index >= 15 is 0 Å². The van der Waals surface area contributed by atoms with Crippen LogP contribution >= 0.6 is 24.2 Å². The van der Waals surface area contributed by atoms with Gasteiger partial charge >= 0.3 is 12.0 Å². The number of nitrogens with zero attached hydrogens (tertiary/aromatic N) is 2. The van der Waals surface area contributed by atoms with Gasteiger partial charge in [0, 0.05) is 19.3 Å². The molecule has 1 aliphatic heterocycles. The summed E-state index contributed by atoms with van der Waals surface area (Å²) in [6.45, 7) is 8.50. The molecule has 0 aliphatic carbocycles. The molecule has 1 aromatic carbocycles. The number of hydrazone groups is 1. The first-order chi connectivity index (χ1) is 13.7. The third-order valence-corrected chi connectivity index (χ3v) is 5.41. The van der Waals surface area contributed by atoms with Gasteiger partial charge in [0.25, 0.3) is 0 Å². The van der Waals surface area contributed by atoms with Crippen molar-refractivity contribution in [2.75, 3.05) is 26.0 Å². The first-order valence-corrected chi connectivity index (χ1v) is 10.4. The van der Waals surface area contributed by atoms with E-state index < -0.39 is 23.8 Å². The van der Waals surface area contributed by atoms with Crippen molar-refractivity contribution in [1.29, 1.82) is 0 Å². The van der Waals surface area contributed by atoms with Gasteiger partial charge in [0.2, 0.25) is 5.78 Å². The number of amides is 2. The largest absolute Gasteiger partial charge is 0.449 e. The number of benzene rings is 1. The maximum absolute atomic E-state index is 12.9. The summed E-state index contributed by atoms with van der Waals surface area (Å²) in [6, 6.07) is 4.34. The van der Waals surface area contributed by atoms with Crippen LogP contribution in [-0.4, -0.2) is 53.8 Å². The number of carbonyl (C=O) groups excluding carboxylic acids is 3. The Balaban J connectivity index is 0.00000450. The third-order valence-electron chi connectivity index (χ3n) is 4.36. The molecule has 1 fully saturated rings. The third kappa shape index (κ3) is 6.91. The van der Waals surface area contributed by atoms with E-state index in [0.29, 0.717) is 10.7 Å². The molecular weight excluding hydrogens is 428 g/mol. The minimum absolute atomic E-state index is 0. The minimum atomic E-state index is -1.16. The van der Waals surface area contributed by atoms with Crippen LogP contribution in [0.5, 0.6) is 0 Å². The molecule has 2 N–H and O–H groups in total. The maximum Gasteiger partial charge on any atom is 0.408 e. The summed E-state index contributed by atoms with van der Waals surface area (Å²) in [5.41, 5.74) is 4.47. The number of hydrogen-bond acceptors (Lipinski definition) is 6. The molecule has 0 aromatic heterocycles. The van der Waals surface area contributed by atoms with E-state index in [1.54, 1.807) is 0 Å². The number of nitrogens with one attached hydrogen (secondary N) is 2. The van der Waals surface area contributed by atoms with Gasteiger partial charge in [-0.25, -0.2) is 10.2 Å². The maximum atomic E-state index is 12.9. The van der Waals surface area contributed by atoms with Gasteiger partial charge in [-0.2, -0.15) is 0 Å². The fourth-order valence-electron chi connectivity index (χ4n) is 2.84. The highest BCUT2D eigenvalue weighted by atomic mass is 35.5. The number of thioether (sulfide) groups is 1. The monoisotopic (exact) mass is 456 g/mol. The van der Waals surface area contributed by atoms with Crippen molar-refractivity contribution in [3.05, 3.63) is 34.9 Å². The Labute approximate surface area is 187 Å². The van der Waals surface area contributed by atoms with E-state index in [1.807, 2.05) is 57.8 Å². The standard InChI is InChI=1S/C20H28N4O4S.ClH/c1-12(2)11-28-20(27)21-16(15-13(3)7-6-8-14(15)4)17(25)18(26)22-23-19-24(5)9-10-29-19;/h6-8,12,16H,9-11H2,1-5H3,(H,21,27)(H,22,26);1H/b23-19-;. The van der Waals surface area contributed by atoms with Crippen molar-refractivity contribution in [1.82, 2.24) is 15.6 Å². The Kier molecular flexibility index (Phi) is 10.1. The highest BCUT2D eigenvalue weighted by molar-refractivity contribution is 8.14. The molecule has 1 saturated heterocycles. The lowest BCUT2D eigenvalue weighted by atomic mass is 9.93. The van der Waals surface area contributed by atoms with Crippen molar-refractivity contribution in [2.24, 2.45) is 11.0 Å². The average Bonchev–Trinajstić information content (AvgIpc) is 3.07. The van der Waals surface area contributed by atoms with Crippen LogP contribution in [0.3, 0.4) is 0 Å². The Morgan fingerprint density at radius 1 is 1.23 bits per heavy atom. The fourth-order valence-corrected chi connectivity index (χ4v) is 3.81. The number of alkyl carbamates (subject to hydrolysis) is 1. The molecule has 1 aromatic rings. The zero-order valence-corrected chi connectivity index (χ0v) is 19.5. The molecular formula is C20H29ClN4O4S. The van der Waals surface area contributed by atoms with Crippen molar-refractivity contribution in [3.8, 4) is 0 Å². The summed E-state index contributed by atoms with van der Waals surface area (Å²) in [4.78, 5) is 39.6. The zero-order valence-electron chi connectivity index (χ0n) is 17.9. The lowest BCUT2D eigenvalue weighted by Gasteiger charge is -2.21. The van der Waals surface area contributed by atoms with E-state index in [9.17, 15) is 14.4 Å². The number of aryl methyl sites for hydroxylation is 2. The van der Waals surface area contributed by atoms with E-state index in [2.05, 4.69) is 15.8 Å². The molecule has 2 rings (SSSR count). The highest BCUT2D eigenvalue weighted by Gasteiger charge is 2.31. The van der Waals surface area contributed by atoms with Gasteiger partial charge in [0.15, 0.2) is 5.17 Å². The SMILES string of the molecule is Cc1cccc(C)c1C(NC(=O)OCC(C)C)C(=O)C(=O)N/N=C1\SCCN1C.Cl. The molecule has 2 amide bonds. The molecule has 1 atom stereocenters. The van der Waals surface area contributed by atoms with Gasteiger partial charge in [-0.3, -0.25) is 9.59 Å². The van der Waals surface area contributed by atoms with Crippen LogP contribution in [0.15, 0.2) is 23.3 Å². The van der Waals surface area contributed by atoms with Crippen LogP contribution < -0.4 is 10.7 Å². The van der Waals surface area contributed by atoms with E-state index in [0.717, 1.165) is 23.4 Å². The van der Waals surface area contributed by atoms with Gasteiger partial charge in [-0.05, 0) is 36.5 Å². The molecule has 1 aliphatic rings. The Bertz CT molecular complexity index is 796. The molecule has 8 nitrogen and oxygen atoms in total. The summed E-state index contributed by atoms with van der Waals surface area (Å²) in [5, 5.41) is 7.22. The van der Waals surface area contributed by atoms with Crippen LogP contribution in [0.25, 0.3) is 0 Å². The average molecular weight is 457 g/mol. The quantitative estimate of drug-likeness (QED) is 0.483. The van der Waals surface area contributed by atoms with Gasteiger partial charge in [0.1, 0.15) is 6.04 Å². The number of ether oxygens (including phenoxy) is 1. The second kappa shape index (κ2) is 11.8. The Morgan fingerprint density at radius 3 is 2.40 bits per heavy atom. The smallest absolute Gasteiger partial charge is 0.408 e. The van der Waals surface area contributed by atoms with Crippen LogP contribution in [0, 0.1) is 19.8 Å². The van der Waals surface area contributed by atoms with E-state index in [1.165, 1.54) is 11.8 Å². The molecule has 0 bridgehead atoms. The Hall–Kier alpha value is -2.26. The summed E-state index contributed by atoms with van der Waals surface area (Å²) in [6.07, 6.45) is -0.745. The van der Waals surface area contributed by atoms with Gasteiger partial charge in [-0.15, -0.1) is 17.5 Å². The van der Waals surface area contributed by atoms with E-state index in [4.69, 9.17) is 4.74 Å². The van der Waals surface area contributed by atoms with Crippen molar-refractivity contribution >= 4 is 47.1 Å². The molecule has 166 valence electrons. The molecule has 1 heterocycles. The fraction of sp³-hybridized carbons (Fsp3) is 0.500. The number of rotatable bonds is 7. The summed E-state index contributed by atoms with van der Waals surface area (Å²) >= 11 is 1.49. The first kappa shape index (κ1) is 25.8. The Morgan fingerprint density at radius 2 is 1.87 bits per heavy atom. The molecule has 30 heavy (non-hydrogen) atoms. The molecule has 0 spiro atoms. The summed E-state index contributed by atoms with van der Waals surface area (Å²) in [7, 11) is 1.86. The minimum Gasteiger partial charge on any atom is -0.449 e. The van der Waals surface area contributed by atoms with Crippen molar-refractivity contribution in [2.45, 2.75) is 33.7 Å². The van der Waals surface area contributed by atoms with Gasteiger partial charge < -0.3 is 15.0 Å². The van der Waals surface area contributed by atoms with Crippen molar-refractivity contribution in [3.63, 3.8) is 0 Å². The number of ketones is 1. The van der Waals surface area contributed by atoms with Crippen molar-refractivity contribution < 1.29 is 19.1 Å². The van der Waals surface area contributed by atoms with Gasteiger partial charge in [0.05, 0.1) is 6.61 Å².